The van der Waals surface area contributed by atoms with Crippen LogP contribution >= 0.6 is 0 Å². The van der Waals surface area contributed by atoms with Crippen molar-refractivity contribution in [3.63, 3.8) is 0 Å². The van der Waals surface area contributed by atoms with E-state index in [0.29, 0.717) is 0 Å². The lowest BCUT2D eigenvalue weighted by Gasteiger charge is -2.37. The van der Waals surface area contributed by atoms with Crippen LogP contribution in [0.25, 0.3) is 0 Å². The maximum atomic E-state index is 13.8. The van der Waals surface area contributed by atoms with E-state index in [9.17, 15) is 32.6 Å². The first kappa shape index (κ1) is 22.7. The Morgan fingerprint density at radius 2 is 1.59 bits per heavy atom. The number of phenolic OH excluding ortho intramolecular Hbond substituents is 1. The van der Waals surface area contributed by atoms with Gasteiger partial charge in [0.05, 0.1) is 0 Å². The number of carbonyl (C=O) groups is 1. The molecule has 1 unspecified atom stereocenters. The van der Waals surface area contributed by atoms with E-state index in [1.807, 2.05) is 0 Å². The Kier molecular flexibility index (Phi) is 5.99. The average Bonchev–Trinajstić information content (AvgIpc) is 2.54. The van der Waals surface area contributed by atoms with Gasteiger partial charge >= 0.3 is 6.18 Å². The fourth-order valence-electron chi connectivity index (χ4n) is 3.38. The van der Waals surface area contributed by atoms with E-state index in [-0.39, 0.29) is 11.3 Å². The van der Waals surface area contributed by atoms with E-state index < -0.39 is 41.1 Å². The van der Waals surface area contributed by atoms with Crippen LogP contribution in [-0.2, 0) is 10.2 Å². The molecule has 0 bridgehead atoms. The fraction of sp³-hybridized carbons (Fsp3) is 0.381. The summed E-state index contributed by atoms with van der Waals surface area (Å²) >= 11 is 0. The Bertz CT molecular complexity index is 904. The van der Waals surface area contributed by atoms with Gasteiger partial charge in [-0.2, -0.15) is 13.2 Å². The second-order valence-corrected chi connectivity index (χ2v) is 7.91. The van der Waals surface area contributed by atoms with Gasteiger partial charge in [0.1, 0.15) is 11.6 Å². The highest BCUT2D eigenvalue weighted by Gasteiger charge is 2.61. The molecule has 0 radical (unpaired) electrons. The van der Waals surface area contributed by atoms with E-state index in [4.69, 9.17) is 0 Å². The van der Waals surface area contributed by atoms with Crippen molar-refractivity contribution in [2.24, 2.45) is 0 Å². The second kappa shape index (κ2) is 7.67. The second-order valence-electron chi connectivity index (χ2n) is 7.91. The number of phenols is 1. The Hall–Kier alpha value is -2.61. The molecule has 0 heterocycles. The minimum Gasteiger partial charge on any atom is -0.508 e. The lowest BCUT2D eigenvalue weighted by molar-refractivity contribution is -0.254. The molecule has 2 rings (SSSR count). The van der Waals surface area contributed by atoms with Gasteiger partial charge in [0, 0.05) is 17.7 Å². The fourth-order valence-corrected chi connectivity index (χ4v) is 3.38. The monoisotopic (exact) mass is 413 g/mol. The minimum atomic E-state index is -5.31. The number of aliphatic hydroxyl groups is 1. The minimum absolute atomic E-state index is 0.113. The number of rotatable bonds is 5. The van der Waals surface area contributed by atoms with E-state index in [1.165, 1.54) is 26.0 Å². The van der Waals surface area contributed by atoms with Crippen molar-refractivity contribution in [2.75, 3.05) is 5.32 Å². The normalized spacial score (nSPS) is 14.4. The zero-order chi connectivity index (χ0) is 22.2. The number of hydrogen-bond acceptors (Lipinski definition) is 3. The van der Waals surface area contributed by atoms with Gasteiger partial charge in [0.2, 0.25) is 5.60 Å². The smallest absolute Gasteiger partial charge is 0.426 e. The summed E-state index contributed by atoms with van der Waals surface area (Å²) in [6, 6.07) is 7.58. The third kappa shape index (κ3) is 4.87. The lowest BCUT2D eigenvalue weighted by atomic mass is 9.74. The van der Waals surface area contributed by atoms with Gasteiger partial charge in [0.15, 0.2) is 0 Å². The summed E-state index contributed by atoms with van der Waals surface area (Å²) in [4.78, 5) is 12.5. The number of aromatic hydroxyl groups is 1. The lowest BCUT2D eigenvalue weighted by Crippen LogP contribution is -2.57. The van der Waals surface area contributed by atoms with E-state index >= 15 is 0 Å². The molecule has 0 aromatic heterocycles. The highest BCUT2D eigenvalue weighted by molar-refractivity contribution is 5.98. The number of alkyl halides is 3. The third-order valence-electron chi connectivity index (χ3n) is 4.71. The predicted octanol–water partition coefficient (Wildman–Crippen LogP) is 4.75. The van der Waals surface area contributed by atoms with E-state index in [1.54, 1.807) is 19.9 Å². The maximum absolute atomic E-state index is 13.8. The van der Waals surface area contributed by atoms with Crippen LogP contribution in [0, 0.1) is 19.7 Å². The molecular formula is C21H23F4NO3. The summed E-state index contributed by atoms with van der Waals surface area (Å²) in [6.07, 6.45) is -6.44. The molecule has 2 aromatic carbocycles. The summed E-state index contributed by atoms with van der Waals surface area (Å²) in [7, 11) is 0. The summed E-state index contributed by atoms with van der Waals surface area (Å²) in [5, 5.41) is 22.6. The number of anilines is 1. The number of hydrogen-bond donors (Lipinski definition) is 3. The largest absolute Gasteiger partial charge is 0.508 e. The molecule has 1 atom stereocenters. The van der Waals surface area contributed by atoms with Gasteiger partial charge in [-0.05, 0) is 60.7 Å². The van der Waals surface area contributed by atoms with Gasteiger partial charge in [-0.1, -0.05) is 19.9 Å². The van der Waals surface area contributed by atoms with Crippen molar-refractivity contribution >= 4 is 11.6 Å². The molecule has 158 valence electrons. The van der Waals surface area contributed by atoms with Crippen LogP contribution in [0.5, 0.6) is 5.75 Å². The predicted molar refractivity (Wildman–Crippen MR) is 101 cm³/mol. The van der Waals surface area contributed by atoms with Crippen molar-refractivity contribution in [1.29, 1.82) is 0 Å². The number of nitrogens with one attached hydrogen (secondary N) is 1. The number of amides is 1. The number of halogens is 4. The number of carbonyl (C=O) groups excluding carboxylic acids is 1. The standard InChI is InChI=1S/C21H23F4NO3/c1-12-7-13(2)9-15(8-12)26-18(28)20(29,21(23,24)25)11-19(3,4)16-10-14(22)5-6-17(16)27/h5-10,27,29H,11H2,1-4H3,(H,26,28). The third-order valence-corrected chi connectivity index (χ3v) is 4.71. The maximum Gasteiger partial charge on any atom is 0.426 e. The molecule has 8 heteroatoms. The Labute approximate surface area is 166 Å². The summed E-state index contributed by atoms with van der Waals surface area (Å²) < 4.78 is 55.0. The summed E-state index contributed by atoms with van der Waals surface area (Å²) in [6.45, 7) is 5.99. The quantitative estimate of drug-likeness (QED) is 0.620. The zero-order valence-corrected chi connectivity index (χ0v) is 16.5. The average molecular weight is 413 g/mol. The van der Waals surface area contributed by atoms with Gasteiger partial charge in [-0.3, -0.25) is 4.79 Å². The molecule has 0 saturated heterocycles. The van der Waals surface area contributed by atoms with Crippen molar-refractivity contribution in [3.05, 3.63) is 58.9 Å². The van der Waals surface area contributed by atoms with Gasteiger partial charge < -0.3 is 15.5 Å². The van der Waals surface area contributed by atoms with E-state index in [0.717, 1.165) is 29.3 Å². The SMILES string of the molecule is Cc1cc(C)cc(NC(=O)C(O)(CC(C)(C)c2cc(F)ccc2O)C(F)(F)F)c1. The molecule has 0 spiro atoms. The molecule has 29 heavy (non-hydrogen) atoms. The number of benzene rings is 2. The summed E-state index contributed by atoms with van der Waals surface area (Å²) in [5.41, 5.74) is -3.95. The van der Waals surface area contributed by atoms with E-state index in [2.05, 4.69) is 5.32 Å². The van der Waals surface area contributed by atoms with Crippen molar-refractivity contribution < 1.29 is 32.6 Å². The number of aryl methyl sites for hydroxylation is 2. The van der Waals surface area contributed by atoms with Crippen molar-refractivity contribution in [1.82, 2.24) is 0 Å². The highest BCUT2D eigenvalue weighted by atomic mass is 19.4. The first-order valence-electron chi connectivity index (χ1n) is 8.83. The first-order chi connectivity index (χ1) is 13.2. The molecule has 0 fully saturated rings. The van der Waals surface area contributed by atoms with Crippen LogP contribution < -0.4 is 5.32 Å². The van der Waals surface area contributed by atoms with Crippen molar-refractivity contribution in [2.45, 2.75) is 51.3 Å². The molecule has 1 amide bonds. The Morgan fingerprint density at radius 3 is 2.10 bits per heavy atom. The Morgan fingerprint density at radius 1 is 1.03 bits per heavy atom. The molecule has 0 aliphatic heterocycles. The van der Waals surface area contributed by atoms with Crippen LogP contribution in [-0.4, -0.2) is 27.9 Å². The van der Waals surface area contributed by atoms with Crippen LogP contribution in [0.3, 0.4) is 0 Å². The van der Waals surface area contributed by atoms with Crippen LogP contribution in [0.15, 0.2) is 36.4 Å². The first-order valence-corrected chi connectivity index (χ1v) is 8.83. The molecule has 4 nitrogen and oxygen atoms in total. The van der Waals surface area contributed by atoms with Gasteiger partial charge in [-0.25, -0.2) is 4.39 Å². The van der Waals surface area contributed by atoms with Crippen LogP contribution in [0.4, 0.5) is 23.2 Å². The van der Waals surface area contributed by atoms with Crippen molar-refractivity contribution in [3.8, 4) is 5.75 Å². The zero-order valence-electron chi connectivity index (χ0n) is 16.5. The topological polar surface area (TPSA) is 69.6 Å². The molecule has 0 aliphatic carbocycles. The molecule has 2 aromatic rings. The highest BCUT2D eigenvalue weighted by Crippen LogP contribution is 2.44. The van der Waals surface area contributed by atoms with Gasteiger partial charge in [0.25, 0.3) is 5.91 Å². The van der Waals surface area contributed by atoms with Gasteiger partial charge in [-0.15, -0.1) is 0 Å². The van der Waals surface area contributed by atoms with Crippen LogP contribution in [0.1, 0.15) is 37.0 Å². The molecular weight excluding hydrogens is 390 g/mol. The molecule has 0 saturated carbocycles. The molecule has 3 N–H and O–H groups in total. The summed E-state index contributed by atoms with van der Waals surface area (Å²) in [5.74, 6) is -2.85. The Balaban J connectivity index is 2.43. The molecule has 0 aliphatic rings. The van der Waals surface area contributed by atoms with Crippen LogP contribution in [0.2, 0.25) is 0 Å².